The van der Waals surface area contributed by atoms with Gasteiger partial charge in [0.05, 0.1) is 18.4 Å². The molecule has 0 saturated heterocycles. The molecule has 1 aliphatic rings. The first-order valence-corrected chi connectivity index (χ1v) is 8.83. The van der Waals surface area contributed by atoms with E-state index in [0.717, 1.165) is 19.3 Å². The third-order valence-electron chi connectivity index (χ3n) is 4.39. The number of carbonyl (C=O) groups excluding carboxylic acids is 3. The number of nitrogens with one attached hydrogen (secondary N) is 1. The minimum Gasteiger partial charge on any atom is -0.465 e. The summed E-state index contributed by atoms with van der Waals surface area (Å²) in [5.41, 5.74) is 2.86. The normalized spacial score (nSPS) is 12.8. The van der Waals surface area contributed by atoms with Crippen molar-refractivity contribution in [1.29, 1.82) is 0 Å². The fraction of sp³-hybridized carbons (Fsp3) is 0.389. The molecule has 2 aromatic rings. The molecule has 1 N–H and O–H groups in total. The summed E-state index contributed by atoms with van der Waals surface area (Å²) in [5, 5.41) is 0. The molecule has 132 valence electrons. The molecule has 0 aliphatic heterocycles. The van der Waals surface area contributed by atoms with Crippen molar-refractivity contribution in [3.63, 3.8) is 0 Å². The van der Waals surface area contributed by atoms with E-state index in [-0.39, 0.29) is 18.1 Å². The Bertz CT molecular complexity index is 840. The van der Waals surface area contributed by atoms with Gasteiger partial charge in [0.1, 0.15) is 4.88 Å². The predicted octanol–water partition coefficient (Wildman–Crippen LogP) is 3.01. The van der Waals surface area contributed by atoms with E-state index in [1.54, 1.807) is 13.8 Å². The van der Waals surface area contributed by atoms with Crippen LogP contribution in [0.15, 0.2) is 6.07 Å². The Balaban J connectivity index is 1.68. The molecule has 0 fully saturated rings. The number of aromatic amines is 1. The van der Waals surface area contributed by atoms with Crippen LogP contribution < -0.4 is 0 Å². The van der Waals surface area contributed by atoms with Crippen molar-refractivity contribution < 1.29 is 23.9 Å². The number of ether oxygens (including phenoxy) is 2. The van der Waals surface area contributed by atoms with Crippen LogP contribution in [0, 0.1) is 13.8 Å². The molecule has 0 saturated carbocycles. The molecule has 0 atom stereocenters. The van der Waals surface area contributed by atoms with Gasteiger partial charge in [0.2, 0.25) is 5.78 Å². The van der Waals surface area contributed by atoms with Gasteiger partial charge in [-0.1, -0.05) is 0 Å². The summed E-state index contributed by atoms with van der Waals surface area (Å²) in [6, 6.07) is 1.86. The van der Waals surface area contributed by atoms with Crippen LogP contribution in [-0.4, -0.2) is 36.4 Å². The first-order valence-electron chi connectivity index (χ1n) is 8.01. The lowest BCUT2D eigenvalue weighted by molar-refractivity contribution is 0.0477. The molecule has 2 heterocycles. The molecule has 0 spiro atoms. The molecule has 25 heavy (non-hydrogen) atoms. The van der Waals surface area contributed by atoms with Gasteiger partial charge >= 0.3 is 11.9 Å². The van der Waals surface area contributed by atoms with Gasteiger partial charge in [-0.15, -0.1) is 11.3 Å². The van der Waals surface area contributed by atoms with Crippen LogP contribution in [0.3, 0.4) is 0 Å². The van der Waals surface area contributed by atoms with Gasteiger partial charge in [-0.3, -0.25) is 4.79 Å². The molecule has 0 radical (unpaired) electrons. The number of Topliss-reactive ketones (excluding diaryl/α,β-unsaturated/α-hetero) is 1. The van der Waals surface area contributed by atoms with Crippen LogP contribution in [0.5, 0.6) is 0 Å². The van der Waals surface area contributed by atoms with Crippen LogP contribution in [0.25, 0.3) is 0 Å². The minimum atomic E-state index is -0.504. The van der Waals surface area contributed by atoms with Crippen LogP contribution in [0.4, 0.5) is 0 Å². The van der Waals surface area contributed by atoms with E-state index in [4.69, 9.17) is 9.47 Å². The van der Waals surface area contributed by atoms with Crippen molar-refractivity contribution >= 4 is 29.1 Å². The molecule has 2 aromatic heterocycles. The van der Waals surface area contributed by atoms with Crippen molar-refractivity contribution in [2.75, 3.05) is 13.7 Å². The average molecular weight is 361 g/mol. The fourth-order valence-corrected chi connectivity index (χ4v) is 4.29. The van der Waals surface area contributed by atoms with Crippen molar-refractivity contribution in [2.24, 2.45) is 0 Å². The highest BCUT2D eigenvalue weighted by Gasteiger charge is 2.24. The van der Waals surface area contributed by atoms with E-state index in [0.29, 0.717) is 21.7 Å². The maximum absolute atomic E-state index is 12.4. The van der Waals surface area contributed by atoms with E-state index in [1.165, 1.54) is 28.9 Å². The average Bonchev–Trinajstić information content (AvgIpc) is 3.25. The topological polar surface area (TPSA) is 85.5 Å². The van der Waals surface area contributed by atoms with Crippen LogP contribution in [0.2, 0.25) is 0 Å². The number of hydrogen-bond donors (Lipinski definition) is 1. The number of thiophene rings is 1. The Hall–Kier alpha value is -2.41. The Morgan fingerprint density at radius 2 is 1.96 bits per heavy atom. The number of methoxy groups -OCH3 is 1. The van der Waals surface area contributed by atoms with Gasteiger partial charge in [-0.25, -0.2) is 9.59 Å². The van der Waals surface area contributed by atoms with E-state index in [1.807, 2.05) is 6.07 Å². The monoisotopic (exact) mass is 361 g/mol. The lowest BCUT2D eigenvalue weighted by atomic mass is 10.1. The summed E-state index contributed by atoms with van der Waals surface area (Å²) in [5.74, 6) is -1.37. The van der Waals surface area contributed by atoms with Crippen LogP contribution in [0.1, 0.15) is 58.6 Å². The molecule has 7 heteroatoms. The second-order valence-electron chi connectivity index (χ2n) is 6.03. The number of carbonyl (C=O) groups is 3. The Kier molecular flexibility index (Phi) is 4.76. The largest absolute Gasteiger partial charge is 0.465 e. The molecule has 1 aliphatic carbocycles. The molecule has 3 rings (SSSR count). The highest BCUT2D eigenvalue weighted by molar-refractivity contribution is 7.14. The number of fused-ring (bicyclic) bond motifs is 1. The summed E-state index contributed by atoms with van der Waals surface area (Å²) in [4.78, 5) is 40.9. The molecular formula is C18H19NO5S. The van der Waals surface area contributed by atoms with Gasteiger partial charge in [0.15, 0.2) is 6.61 Å². The maximum Gasteiger partial charge on any atom is 0.348 e. The summed E-state index contributed by atoms with van der Waals surface area (Å²) < 4.78 is 9.88. The zero-order valence-corrected chi connectivity index (χ0v) is 15.2. The summed E-state index contributed by atoms with van der Waals surface area (Å²) in [6.07, 6.45) is 3.13. The van der Waals surface area contributed by atoms with Gasteiger partial charge in [0, 0.05) is 10.6 Å². The van der Waals surface area contributed by atoms with Crippen molar-refractivity contribution in [2.45, 2.75) is 33.1 Å². The lowest BCUT2D eigenvalue weighted by Crippen LogP contribution is -2.15. The molecule has 0 bridgehead atoms. The zero-order valence-electron chi connectivity index (χ0n) is 14.4. The van der Waals surface area contributed by atoms with Gasteiger partial charge in [0.25, 0.3) is 0 Å². The van der Waals surface area contributed by atoms with Crippen molar-refractivity contribution in [3.05, 3.63) is 43.9 Å². The highest BCUT2D eigenvalue weighted by Crippen LogP contribution is 2.31. The SMILES string of the molecule is COC(=O)c1c(C)[nH]c(C(=O)COC(=O)c2cc3c(s2)CCC3)c1C. The summed E-state index contributed by atoms with van der Waals surface area (Å²) in [6.45, 7) is 2.98. The van der Waals surface area contributed by atoms with E-state index in [2.05, 4.69) is 4.98 Å². The predicted molar refractivity (Wildman–Crippen MR) is 92.6 cm³/mol. The molecule has 6 nitrogen and oxygen atoms in total. The second-order valence-corrected chi connectivity index (χ2v) is 7.17. The summed E-state index contributed by atoms with van der Waals surface area (Å²) in [7, 11) is 1.29. The first kappa shape index (κ1) is 17.4. The van der Waals surface area contributed by atoms with E-state index < -0.39 is 11.9 Å². The molecule has 0 unspecified atom stereocenters. The zero-order chi connectivity index (χ0) is 18.1. The van der Waals surface area contributed by atoms with Gasteiger partial charge in [-0.2, -0.15) is 0 Å². The lowest BCUT2D eigenvalue weighted by Gasteiger charge is -2.03. The highest BCUT2D eigenvalue weighted by atomic mass is 32.1. The Morgan fingerprint density at radius 3 is 2.64 bits per heavy atom. The Morgan fingerprint density at radius 1 is 1.20 bits per heavy atom. The van der Waals surface area contributed by atoms with Gasteiger partial charge in [-0.05, 0) is 50.3 Å². The molecule has 0 aromatic carbocycles. The third-order valence-corrected chi connectivity index (χ3v) is 5.61. The molecular weight excluding hydrogens is 342 g/mol. The number of rotatable bonds is 5. The minimum absolute atomic E-state index is 0.263. The number of aryl methyl sites for hydroxylation is 3. The smallest absolute Gasteiger partial charge is 0.348 e. The fourth-order valence-electron chi connectivity index (χ4n) is 3.14. The number of aromatic nitrogens is 1. The summed E-state index contributed by atoms with van der Waals surface area (Å²) >= 11 is 1.44. The van der Waals surface area contributed by atoms with Crippen LogP contribution >= 0.6 is 11.3 Å². The molecule has 0 amide bonds. The number of H-pyrrole nitrogens is 1. The maximum atomic E-state index is 12.4. The van der Waals surface area contributed by atoms with Crippen molar-refractivity contribution in [1.82, 2.24) is 4.98 Å². The van der Waals surface area contributed by atoms with E-state index >= 15 is 0 Å². The van der Waals surface area contributed by atoms with Gasteiger partial charge < -0.3 is 14.5 Å². The standard InChI is InChI=1S/C18H19NO5S/c1-9-15(18(22)23-3)10(2)19-16(9)12(20)8-24-17(21)14-7-11-5-4-6-13(11)25-14/h7,19H,4-6,8H2,1-3H3. The number of ketones is 1. The Labute approximate surface area is 149 Å². The second kappa shape index (κ2) is 6.84. The van der Waals surface area contributed by atoms with Crippen LogP contribution in [-0.2, 0) is 22.3 Å². The third kappa shape index (κ3) is 3.24. The number of hydrogen-bond acceptors (Lipinski definition) is 6. The van der Waals surface area contributed by atoms with Crippen molar-refractivity contribution in [3.8, 4) is 0 Å². The van der Waals surface area contributed by atoms with E-state index in [9.17, 15) is 14.4 Å². The number of esters is 2. The quantitative estimate of drug-likeness (QED) is 0.654. The first-order chi connectivity index (χ1) is 11.9.